The van der Waals surface area contributed by atoms with Crippen LogP contribution in [0.15, 0.2) is 0 Å². The van der Waals surface area contributed by atoms with Crippen LogP contribution in [0.2, 0.25) is 0 Å². The first-order valence-electron chi connectivity index (χ1n) is 5.66. The number of hydrogen-bond donors (Lipinski definition) is 5. The standard InChI is InChI=1S/C8H15N3O4.C2HF3O2/c1-4(9)8(15)11-5(7(10)14)2-3-6(12)13;3-2(4,5)1(6)7/h4-5H,2-3,9H2,1H3,(H2,10,14)(H,11,15)(H,12,13);(H,6,7)/t4-,5+;/m0./s1. The quantitative estimate of drug-likeness (QED) is 0.406. The molecule has 0 spiro atoms. The summed E-state index contributed by atoms with van der Waals surface area (Å²) in [5.74, 6) is -5.13. The number of carbonyl (C=O) groups is 4. The van der Waals surface area contributed by atoms with Gasteiger partial charge in [0, 0.05) is 6.42 Å². The zero-order valence-electron chi connectivity index (χ0n) is 11.4. The van der Waals surface area contributed by atoms with Gasteiger partial charge >= 0.3 is 18.1 Å². The van der Waals surface area contributed by atoms with Crippen LogP contribution >= 0.6 is 0 Å². The number of alkyl halides is 3. The lowest BCUT2D eigenvalue weighted by Crippen LogP contribution is -2.49. The van der Waals surface area contributed by atoms with E-state index in [0.29, 0.717) is 0 Å². The Balaban J connectivity index is 0. The molecule has 0 aliphatic heterocycles. The average Bonchev–Trinajstić information content (AvgIpc) is 2.32. The number of nitrogens with two attached hydrogens (primary N) is 2. The van der Waals surface area contributed by atoms with Crippen LogP contribution in [0, 0.1) is 0 Å². The summed E-state index contributed by atoms with van der Waals surface area (Å²) in [5.41, 5.74) is 10.2. The van der Waals surface area contributed by atoms with Gasteiger partial charge in [-0.05, 0) is 13.3 Å². The highest BCUT2D eigenvalue weighted by atomic mass is 19.4. The second kappa shape index (κ2) is 9.55. The minimum atomic E-state index is -5.08. The number of carboxylic acid groups (broad SMARTS) is 2. The van der Waals surface area contributed by atoms with Crippen LogP contribution in [0.1, 0.15) is 19.8 Å². The van der Waals surface area contributed by atoms with Crippen molar-refractivity contribution in [2.24, 2.45) is 11.5 Å². The predicted octanol–water partition coefficient (Wildman–Crippen LogP) is -1.20. The van der Waals surface area contributed by atoms with Crippen molar-refractivity contribution >= 4 is 23.8 Å². The first-order valence-corrected chi connectivity index (χ1v) is 5.66. The molecule has 0 saturated carbocycles. The molecule has 128 valence electrons. The van der Waals surface area contributed by atoms with Gasteiger partial charge in [-0.3, -0.25) is 14.4 Å². The molecule has 0 aromatic rings. The zero-order valence-corrected chi connectivity index (χ0v) is 11.4. The number of carboxylic acids is 2. The van der Waals surface area contributed by atoms with Gasteiger partial charge in [0.25, 0.3) is 0 Å². The molecule has 7 N–H and O–H groups in total. The van der Waals surface area contributed by atoms with Crippen LogP contribution in [0.5, 0.6) is 0 Å². The first-order chi connectivity index (χ1) is 9.78. The minimum Gasteiger partial charge on any atom is -0.481 e. The highest BCUT2D eigenvalue weighted by Gasteiger charge is 2.38. The van der Waals surface area contributed by atoms with Crippen molar-refractivity contribution < 1.29 is 42.6 Å². The van der Waals surface area contributed by atoms with Crippen LogP contribution in [0.4, 0.5) is 13.2 Å². The monoisotopic (exact) mass is 331 g/mol. The van der Waals surface area contributed by atoms with Crippen molar-refractivity contribution in [3.63, 3.8) is 0 Å². The third-order valence-electron chi connectivity index (χ3n) is 1.96. The number of nitrogens with one attached hydrogen (secondary N) is 1. The lowest BCUT2D eigenvalue weighted by Gasteiger charge is -2.15. The summed E-state index contributed by atoms with van der Waals surface area (Å²) in [5, 5.41) is 17.8. The molecule has 0 aromatic carbocycles. The summed E-state index contributed by atoms with van der Waals surface area (Å²) >= 11 is 0. The summed E-state index contributed by atoms with van der Waals surface area (Å²) in [6.07, 6.45) is -5.37. The van der Waals surface area contributed by atoms with Crippen molar-refractivity contribution in [3.8, 4) is 0 Å². The molecular formula is C10H16F3N3O6. The van der Waals surface area contributed by atoms with Crippen LogP contribution in [-0.4, -0.2) is 52.2 Å². The summed E-state index contributed by atoms with van der Waals surface area (Å²) in [7, 11) is 0. The highest BCUT2D eigenvalue weighted by molar-refractivity contribution is 5.88. The number of hydrogen-bond acceptors (Lipinski definition) is 5. The second-order valence-corrected chi connectivity index (χ2v) is 3.99. The average molecular weight is 331 g/mol. The third kappa shape index (κ3) is 11.5. The van der Waals surface area contributed by atoms with E-state index in [-0.39, 0.29) is 12.8 Å². The number of carbonyl (C=O) groups excluding carboxylic acids is 2. The Bertz CT molecular complexity index is 425. The highest BCUT2D eigenvalue weighted by Crippen LogP contribution is 2.13. The van der Waals surface area contributed by atoms with Gasteiger partial charge in [0.05, 0.1) is 6.04 Å². The molecule has 2 amide bonds. The molecule has 0 saturated heterocycles. The number of primary amides is 1. The molecule has 0 heterocycles. The maximum atomic E-state index is 11.1. The van der Waals surface area contributed by atoms with Crippen LogP contribution < -0.4 is 16.8 Å². The van der Waals surface area contributed by atoms with Gasteiger partial charge in [-0.25, -0.2) is 4.79 Å². The van der Waals surface area contributed by atoms with Gasteiger partial charge in [0.2, 0.25) is 11.8 Å². The second-order valence-electron chi connectivity index (χ2n) is 3.99. The third-order valence-corrected chi connectivity index (χ3v) is 1.96. The van der Waals surface area contributed by atoms with Gasteiger partial charge in [-0.1, -0.05) is 0 Å². The Morgan fingerprint density at radius 2 is 1.59 bits per heavy atom. The van der Waals surface area contributed by atoms with Gasteiger partial charge in [-0.15, -0.1) is 0 Å². The zero-order chi connectivity index (χ0) is 18.1. The van der Waals surface area contributed by atoms with E-state index < -0.39 is 42.0 Å². The molecule has 0 unspecified atom stereocenters. The van der Waals surface area contributed by atoms with Gasteiger partial charge in [-0.2, -0.15) is 13.2 Å². The fourth-order valence-corrected chi connectivity index (χ4v) is 0.857. The van der Waals surface area contributed by atoms with Gasteiger partial charge < -0.3 is 27.0 Å². The van der Waals surface area contributed by atoms with Gasteiger partial charge in [0.15, 0.2) is 0 Å². The first kappa shape index (κ1) is 21.9. The molecule has 0 rings (SSSR count). The molecule has 12 heteroatoms. The van der Waals surface area contributed by atoms with Crippen LogP contribution in [-0.2, 0) is 19.2 Å². The minimum absolute atomic E-state index is 0.0386. The Labute approximate surface area is 122 Å². The van der Waals surface area contributed by atoms with Crippen molar-refractivity contribution in [2.45, 2.75) is 38.0 Å². The molecular weight excluding hydrogens is 315 g/mol. The van der Waals surface area contributed by atoms with E-state index in [1.165, 1.54) is 6.92 Å². The largest absolute Gasteiger partial charge is 0.490 e. The van der Waals surface area contributed by atoms with Crippen molar-refractivity contribution in [1.82, 2.24) is 5.32 Å². The van der Waals surface area contributed by atoms with Crippen molar-refractivity contribution in [2.75, 3.05) is 0 Å². The lowest BCUT2D eigenvalue weighted by atomic mass is 10.1. The summed E-state index contributed by atoms with van der Waals surface area (Å²) < 4.78 is 31.7. The Morgan fingerprint density at radius 1 is 1.18 bits per heavy atom. The van der Waals surface area contributed by atoms with E-state index in [0.717, 1.165) is 0 Å². The van der Waals surface area contributed by atoms with E-state index in [1.807, 2.05) is 0 Å². The molecule has 0 fully saturated rings. The maximum Gasteiger partial charge on any atom is 0.490 e. The van der Waals surface area contributed by atoms with E-state index in [1.54, 1.807) is 0 Å². The van der Waals surface area contributed by atoms with E-state index in [4.69, 9.17) is 26.5 Å². The summed E-state index contributed by atoms with van der Waals surface area (Å²) in [4.78, 5) is 41.1. The predicted molar refractivity (Wildman–Crippen MR) is 65.3 cm³/mol. The Hall–Kier alpha value is -2.37. The smallest absolute Gasteiger partial charge is 0.481 e. The number of rotatable bonds is 6. The number of halogens is 3. The Kier molecular flexibility index (Phi) is 9.51. The van der Waals surface area contributed by atoms with Crippen molar-refractivity contribution in [3.05, 3.63) is 0 Å². The molecule has 0 radical (unpaired) electrons. The molecule has 0 aromatic heterocycles. The van der Waals surface area contributed by atoms with E-state index >= 15 is 0 Å². The SMILES string of the molecule is C[C@H](N)C(=O)N[C@H](CCC(=O)O)C(N)=O.O=C(O)C(F)(F)F. The molecule has 2 atom stereocenters. The fourth-order valence-electron chi connectivity index (χ4n) is 0.857. The fraction of sp³-hybridized carbons (Fsp3) is 0.600. The van der Waals surface area contributed by atoms with E-state index in [9.17, 15) is 27.6 Å². The van der Waals surface area contributed by atoms with E-state index in [2.05, 4.69) is 5.32 Å². The summed E-state index contributed by atoms with van der Waals surface area (Å²) in [6, 6.07) is -1.75. The lowest BCUT2D eigenvalue weighted by molar-refractivity contribution is -0.192. The Morgan fingerprint density at radius 3 is 1.82 bits per heavy atom. The number of amides is 2. The molecule has 0 aliphatic carbocycles. The van der Waals surface area contributed by atoms with Crippen LogP contribution in [0.25, 0.3) is 0 Å². The molecule has 0 bridgehead atoms. The van der Waals surface area contributed by atoms with Crippen molar-refractivity contribution in [1.29, 1.82) is 0 Å². The molecule has 22 heavy (non-hydrogen) atoms. The normalized spacial score (nSPS) is 13.1. The number of aliphatic carboxylic acids is 2. The van der Waals surface area contributed by atoms with Crippen LogP contribution in [0.3, 0.4) is 0 Å². The molecule has 9 nitrogen and oxygen atoms in total. The van der Waals surface area contributed by atoms with Gasteiger partial charge in [0.1, 0.15) is 6.04 Å². The maximum absolute atomic E-state index is 11.1. The summed E-state index contributed by atoms with van der Waals surface area (Å²) in [6.45, 7) is 1.45. The topological polar surface area (TPSA) is 173 Å². The molecule has 0 aliphatic rings.